The highest BCUT2D eigenvalue weighted by Gasteiger charge is 2.22. The van der Waals surface area contributed by atoms with Gasteiger partial charge in [0.2, 0.25) is 0 Å². The molecule has 1 fully saturated rings. The fraction of sp³-hybridized carbons (Fsp3) is 0.281. The van der Waals surface area contributed by atoms with Gasteiger partial charge in [-0.3, -0.25) is 4.79 Å². The molecule has 6 rings (SSSR count). The number of rotatable bonds is 8. The molecular formula is C32H33N5O3. The van der Waals surface area contributed by atoms with Gasteiger partial charge in [0.15, 0.2) is 5.52 Å². The molecule has 0 saturated carbocycles. The highest BCUT2D eigenvalue weighted by molar-refractivity contribution is 5.81. The zero-order valence-electron chi connectivity index (χ0n) is 22.8. The molecule has 0 amide bonds. The number of piperidine rings is 1. The number of anilines is 1. The Morgan fingerprint density at radius 1 is 0.950 bits per heavy atom. The first-order valence-electron chi connectivity index (χ1n) is 13.7. The standard InChI is InChI=1S/C32H33N5O3/c1-22-29-30(37(35-22)25-11-7-4-8-12-25)32(38)34-31(33-29)27-14-13-26(19-28(27)39-2)36-17-15-24(16-18-36)21-40-20-23-9-5-3-6-10-23/h3-14,19,24H,15-18,20-21H2,1-2H3,(H,33,34,38). The van der Waals surface area contributed by atoms with Crippen LogP contribution in [0.25, 0.3) is 28.1 Å². The lowest BCUT2D eigenvalue weighted by molar-refractivity contribution is 0.0786. The Labute approximate surface area is 233 Å². The van der Waals surface area contributed by atoms with Crippen LogP contribution < -0.4 is 15.2 Å². The molecule has 0 aliphatic carbocycles. The third kappa shape index (κ3) is 5.22. The lowest BCUT2D eigenvalue weighted by atomic mass is 9.97. The van der Waals surface area contributed by atoms with E-state index in [1.807, 2.05) is 67.6 Å². The normalized spacial score (nSPS) is 14.1. The molecule has 0 unspecified atom stereocenters. The van der Waals surface area contributed by atoms with Crippen LogP contribution in [0.3, 0.4) is 0 Å². The first kappa shape index (κ1) is 25.8. The van der Waals surface area contributed by atoms with Gasteiger partial charge in [-0.1, -0.05) is 48.5 Å². The van der Waals surface area contributed by atoms with Crippen LogP contribution in [0.5, 0.6) is 5.75 Å². The first-order valence-corrected chi connectivity index (χ1v) is 13.7. The number of benzene rings is 3. The van der Waals surface area contributed by atoms with Crippen molar-refractivity contribution in [2.24, 2.45) is 5.92 Å². The summed E-state index contributed by atoms with van der Waals surface area (Å²) >= 11 is 0. The van der Waals surface area contributed by atoms with E-state index >= 15 is 0 Å². The number of fused-ring (bicyclic) bond motifs is 1. The zero-order valence-corrected chi connectivity index (χ0v) is 22.8. The van der Waals surface area contributed by atoms with Crippen molar-refractivity contribution in [2.75, 3.05) is 31.7 Å². The molecule has 0 atom stereocenters. The summed E-state index contributed by atoms with van der Waals surface area (Å²) in [5, 5.41) is 4.60. The van der Waals surface area contributed by atoms with Gasteiger partial charge in [0.25, 0.3) is 5.56 Å². The van der Waals surface area contributed by atoms with Crippen LogP contribution in [0.4, 0.5) is 5.69 Å². The molecule has 204 valence electrons. The molecule has 8 heteroatoms. The van der Waals surface area contributed by atoms with Crippen molar-refractivity contribution in [3.63, 3.8) is 0 Å². The Hall–Kier alpha value is -4.43. The van der Waals surface area contributed by atoms with Crippen LogP contribution in [0, 0.1) is 12.8 Å². The third-order valence-electron chi connectivity index (χ3n) is 7.59. The molecule has 0 spiro atoms. The summed E-state index contributed by atoms with van der Waals surface area (Å²) in [6.45, 7) is 5.23. The van der Waals surface area contributed by atoms with Crippen molar-refractivity contribution in [1.82, 2.24) is 19.7 Å². The van der Waals surface area contributed by atoms with Crippen molar-refractivity contribution in [1.29, 1.82) is 0 Å². The van der Waals surface area contributed by atoms with E-state index in [-0.39, 0.29) is 5.56 Å². The average Bonchev–Trinajstić information content (AvgIpc) is 3.35. The molecule has 3 aromatic carbocycles. The van der Waals surface area contributed by atoms with E-state index < -0.39 is 0 Å². The molecule has 2 aromatic heterocycles. The lowest BCUT2D eigenvalue weighted by Crippen LogP contribution is -2.35. The number of aromatic nitrogens is 4. The maximum Gasteiger partial charge on any atom is 0.277 e. The topological polar surface area (TPSA) is 85.3 Å². The van der Waals surface area contributed by atoms with E-state index in [0.29, 0.717) is 40.8 Å². The molecule has 3 heterocycles. The second-order valence-corrected chi connectivity index (χ2v) is 10.3. The van der Waals surface area contributed by atoms with Gasteiger partial charge in [0.05, 0.1) is 30.7 Å². The van der Waals surface area contributed by atoms with E-state index in [9.17, 15) is 4.79 Å². The van der Waals surface area contributed by atoms with E-state index in [1.54, 1.807) is 11.8 Å². The Morgan fingerprint density at radius 2 is 1.68 bits per heavy atom. The van der Waals surface area contributed by atoms with Gasteiger partial charge in [0.1, 0.15) is 17.1 Å². The smallest absolute Gasteiger partial charge is 0.277 e. The SMILES string of the molecule is COc1cc(N2CCC(COCc3ccccc3)CC2)ccc1-c1nc2c(C)nn(-c3ccccc3)c2c(=O)[nH]1. The number of nitrogens with zero attached hydrogens (tertiary/aromatic N) is 4. The summed E-state index contributed by atoms with van der Waals surface area (Å²) in [6, 6.07) is 26.0. The maximum absolute atomic E-state index is 13.3. The summed E-state index contributed by atoms with van der Waals surface area (Å²) in [4.78, 5) is 23.4. The van der Waals surface area contributed by atoms with Crippen LogP contribution in [0.2, 0.25) is 0 Å². The van der Waals surface area contributed by atoms with Crippen molar-refractivity contribution in [2.45, 2.75) is 26.4 Å². The molecule has 5 aromatic rings. The summed E-state index contributed by atoms with van der Waals surface area (Å²) in [5.74, 6) is 1.69. The molecular weight excluding hydrogens is 502 g/mol. The number of hydrogen-bond acceptors (Lipinski definition) is 6. The fourth-order valence-electron chi connectivity index (χ4n) is 5.39. The van der Waals surface area contributed by atoms with Crippen LogP contribution in [-0.4, -0.2) is 46.6 Å². The number of nitrogens with one attached hydrogen (secondary N) is 1. The number of aryl methyl sites for hydroxylation is 1. The summed E-state index contributed by atoms with van der Waals surface area (Å²) in [5.41, 5.74) is 5.31. The Balaban J connectivity index is 1.18. The molecule has 1 aliphatic heterocycles. The van der Waals surface area contributed by atoms with Gasteiger partial charge >= 0.3 is 0 Å². The zero-order chi connectivity index (χ0) is 27.5. The summed E-state index contributed by atoms with van der Waals surface area (Å²) in [7, 11) is 1.65. The Morgan fingerprint density at radius 3 is 2.40 bits per heavy atom. The second-order valence-electron chi connectivity index (χ2n) is 10.3. The minimum atomic E-state index is -0.243. The number of H-pyrrole nitrogens is 1. The fourth-order valence-corrected chi connectivity index (χ4v) is 5.39. The van der Waals surface area contributed by atoms with Crippen LogP contribution in [0.1, 0.15) is 24.1 Å². The maximum atomic E-state index is 13.3. The average molecular weight is 536 g/mol. The van der Waals surface area contributed by atoms with Crippen molar-refractivity contribution >= 4 is 16.7 Å². The Bertz CT molecular complexity index is 1660. The predicted octanol–water partition coefficient (Wildman–Crippen LogP) is 5.53. The van der Waals surface area contributed by atoms with E-state index in [4.69, 9.17) is 14.5 Å². The lowest BCUT2D eigenvalue weighted by Gasteiger charge is -2.33. The number of aromatic amines is 1. The molecule has 40 heavy (non-hydrogen) atoms. The van der Waals surface area contributed by atoms with Gasteiger partial charge in [-0.25, -0.2) is 9.67 Å². The third-order valence-corrected chi connectivity index (χ3v) is 7.59. The van der Waals surface area contributed by atoms with Gasteiger partial charge in [-0.2, -0.15) is 5.10 Å². The number of para-hydroxylation sites is 1. The van der Waals surface area contributed by atoms with Crippen LogP contribution >= 0.6 is 0 Å². The molecule has 1 aliphatic rings. The van der Waals surface area contributed by atoms with Crippen molar-refractivity contribution < 1.29 is 9.47 Å². The van der Waals surface area contributed by atoms with Gasteiger partial charge in [-0.15, -0.1) is 0 Å². The van der Waals surface area contributed by atoms with E-state index in [2.05, 4.69) is 33.2 Å². The first-order chi connectivity index (χ1) is 19.6. The predicted molar refractivity (Wildman–Crippen MR) is 157 cm³/mol. The monoisotopic (exact) mass is 535 g/mol. The van der Waals surface area contributed by atoms with Crippen LogP contribution in [0.15, 0.2) is 83.7 Å². The van der Waals surface area contributed by atoms with E-state index in [1.165, 1.54) is 5.56 Å². The molecule has 0 bridgehead atoms. The molecule has 1 saturated heterocycles. The van der Waals surface area contributed by atoms with Crippen molar-refractivity contribution in [3.8, 4) is 22.8 Å². The van der Waals surface area contributed by atoms with Crippen LogP contribution in [-0.2, 0) is 11.3 Å². The quantitative estimate of drug-likeness (QED) is 0.281. The minimum absolute atomic E-state index is 0.243. The number of methoxy groups -OCH3 is 1. The van der Waals surface area contributed by atoms with Crippen molar-refractivity contribution in [3.05, 3.63) is 100 Å². The molecule has 1 N–H and O–H groups in total. The minimum Gasteiger partial charge on any atom is -0.496 e. The van der Waals surface area contributed by atoms with Gasteiger partial charge in [-0.05, 0) is 55.5 Å². The highest BCUT2D eigenvalue weighted by atomic mass is 16.5. The number of ether oxygens (including phenoxy) is 2. The number of hydrogen-bond donors (Lipinski definition) is 1. The van der Waals surface area contributed by atoms with Gasteiger partial charge < -0.3 is 19.4 Å². The summed E-state index contributed by atoms with van der Waals surface area (Å²) < 4.78 is 13.4. The molecule has 8 nitrogen and oxygen atoms in total. The summed E-state index contributed by atoms with van der Waals surface area (Å²) in [6.07, 6.45) is 2.16. The molecule has 0 radical (unpaired) electrons. The largest absolute Gasteiger partial charge is 0.496 e. The second kappa shape index (κ2) is 11.4. The van der Waals surface area contributed by atoms with E-state index in [0.717, 1.165) is 49.5 Å². The Kier molecular flexibility index (Phi) is 7.33. The van der Waals surface area contributed by atoms with Gasteiger partial charge in [0, 0.05) is 31.5 Å². The highest BCUT2D eigenvalue weighted by Crippen LogP contribution is 2.34.